The number of rotatable bonds is 15. The molecule has 0 radical (unpaired) electrons. The molecule has 0 aliphatic heterocycles. The van der Waals surface area contributed by atoms with Crippen molar-refractivity contribution in [3.63, 3.8) is 0 Å². The molecular weight excluding hydrogens is 476 g/mol. The van der Waals surface area contributed by atoms with Crippen LogP contribution in [0, 0.1) is 0 Å². The molecule has 2 aromatic carbocycles. The lowest BCUT2D eigenvalue weighted by molar-refractivity contribution is -0.696. The van der Waals surface area contributed by atoms with E-state index < -0.39 is 8.80 Å². The van der Waals surface area contributed by atoms with E-state index in [2.05, 4.69) is 94.7 Å². The van der Waals surface area contributed by atoms with Gasteiger partial charge in [-0.15, -0.1) is 0 Å². The van der Waals surface area contributed by atoms with Crippen LogP contribution in [0.1, 0.15) is 38.3 Å². The van der Waals surface area contributed by atoms with Gasteiger partial charge in [0.15, 0.2) is 12.4 Å². The van der Waals surface area contributed by atoms with Gasteiger partial charge in [-0.25, -0.2) is 4.57 Å². The van der Waals surface area contributed by atoms with Crippen molar-refractivity contribution in [3.05, 3.63) is 96.3 Å². The van der Waals surface area contributed by atoms with E-state index in [0.717, 1.165) is 32.1 Å². The fourth-order valence-electron chi connectivity index (χ4n) is 4.13. The van der Waals surface area contributed by atoms with Crippen molar-refractivity contribution in [3.8, 4) is 0 Å². The molecule has 3 rings (SSSR count). The Hall–Kier alpha value is -2.22. The van der Waals surface area contributed by atoms with Crippen LogP contribution in [-0.4, -0.2) is 28.6 Å². The lowest BCUT2D eigenvalue weighted by Gasteiger charge is -2.28. The number of halogens is 1. The first kappa shape index (κ1) is 29.0. The first-order valence-corrected chi connectivity index (χ1v) is 14.3. The molecule has 0 fully saturated rings. The monoisotopic (exact) mass is 514 g/mol. The molecule has 0 bridgehead atoms. The summed E-state index contributed by atoms with van der Waals surface area (Å²) in [6, 6.07) is 26.5. The summed E-state index contributed by atoms with van der Waals surface area (Å²) >= 11 is 0. The minimum atomic E-state index is -2.59. The van der Waals surface area contributed by atoms with Gasteiger partial charge in [0.1, 0.15) is 6.54 Å². The molecule has 0 aliphatic rings. The third kappa shape index (κ3) is 9.39. The van der Waals surface area contributed by atoms with Crippen LogP contribution in [0.15, 0.2) is 85.2 Å². The van der Waals surface area contributed by atoms with E-state index in [1.165, 1.54) is 16.8 Å². The van der Waals surface area contributed by atoms with E-state index in [-0.39, 0.29) is 12.4 Å². The van der Waals surface area contributed by atoms with Crippen LogP contribution in [0.25, 0.3) is 0 Å². The molecule has 190 valence electrons. The Morgan fingerprint density at radius 2 is 1.14 bits per heavy atom. The van der Waals surface area contributed by atoms with Gasteiger partial charge in [0, 0.05) is 63.2 Å². The Bertz CT molecular complexity index is 887. The van der Waals surface area contributed by atoms with Crippen LogP contribution < -0.4 is 21.9 Å². The van der Waals surface area contributed by atoms with Gasteiger partial charge in [0.25, 0.3) is 0 Å². The lowest BCUT2D eigenvalue weighted by Crippen LogP contribution is -3.00. The van der Waals surface area contributed by atoms with E-state index in [1.807, 2.05) is 20.8 Å². The average Bonchev–Trinajstić information content (AvgIpc) is 2.86. The van der Waals surface area contributed by atoms with Gasteiger partial charge in [0.05, 0.1) is 0 Å². The van der Waals surface area contributed by atoms with Gasteiger partial charge in [-0.05, 0) is 31.9 Å². The third-order valence-electron chi connectivity index (χ3n) is 5.66. The number of anilines is 1. The van der Waals surface area contributed by atoms with Crippen molar-refractivity contribution in [2.24, 2.45) is 0 Å². The third-order valence-corrected chi connectivity index (χ3v) is 8.81. The highest BCUT2D eigenvalue weighted by molar-refractivity contribution is 6.60. The van der Waals surface area contributed by atoms with Gasteiger partial charge >= 0.3 is 8.80 Å². The summed E-state index contributed by atoms with van der Waals surface area (Å²) in [5, 5.41) is 0. The first-order valence-electron chi connectivity index (χ1n) is 12.4. The van der Waals surface area contributed by atoms with Crippen LogP contribution >= 0.6 is 0 Å². The Labute approximate surface area is 218 Å². The molecule has 0 saturated heterocycles. The highest BCUT2D eigenvalue weighted by Gasteiger charge is 2.40. The van der Waals surface area contributed by atoms with Crippen LogP contribution in [0.4, 0.5) is 5.69 Å². The van der Waals surface area contributed by atoms with Crippen molar-refractivity contribution in [1.82, 2.24) is 0 Å². The summed E-state index contributed by atoms with van der Waals surface area (Å²) in [7, 11) is -2.59. The van der Waals surface area contributed by atoms with Gasteiger partial charge < -0.3 is 30.6 Å². The molecule has 0 atom stereocenters. The summed E-state index contributed by atoms with van der Waals surface area (Å²) in [5.41, 5.74) is 3.82. The van der Waals surface area contributed by atoms with Gasteiger partial charge in [0.2, 0.25) is 0 Å². The molecule has 0 spiro atoms. The molecule has 1 aromatic heterocycles. The molecular formula is C28H39ClN2O3Si. The number of aryl methyl sites for hydroxylation is 1. The Morgan fingerprint density at radius 1 is 0.686 bits per heavy atom. The molecule has 3 aromatic rings. The summed E-state index contributed by atoms with van der Waals surface area (Å²) in [6.07, 6.45) is 5.29. The van der Waals surface area contributed by atoms with Crippen molar-refractivity contribution in [1.29, 1.82) is 0 Å². The smallest absolute Gasteiger partial charge is 0.501 e. The maximum atomic E-state index is 5.99. The van der Waals surface area contributed by atoms with Crippen molar-refractivity contribution < 1.29 is 30.3 Å². The Kier molecular flexibility index (Phi) is 13.0. The van der Waals surface area contributed by atoms with Crippen LogP contribution in [0.5, 0.6) is 0 Å². The van der Waals surface area contributed by atoms with E-state index in [0.29, 0.717) is 19.8 Å². The minimum absolute atomic E-state index is 0. The second-order valence-corrected chi connectivity index (χ2v) is 10.9. The molecule has 5 nitrogen and oxygen atoms in total. The SMILES string of the molecule is CCO[Si](CCC[n+]1ccc(N(Cc2ccccc2)Cc2ccccc2)cc1)(OCC)OCC.[Cl-]. The summed E-state index contributed by atoms with van der Waals surface area (Å²) in [6.45, 7) is 10.5. The topological polar surface area (TPSA) is 34.8 Å². The predicted octanol–water partition coefficient (Wildman–Crippen LogP) is 2.62. The number of pyridine rings is 1. The van der Waals surface area contributed by atoms with E-state index in [1.54, 1.807) is 0 Å². The van der Waals surface area contributed by atoms with Crippen LogP contribution in [-0.2, 0) is 32.9 Å². The fourth-order valence-corrected chi connectivity index (χ4v) is 6.73. The van der Waals surface area contributed by atoms with Crippen LogP contribution in [0.2, 0.25) is 6.04 Å². The highest BCUT2D eigenvalue weighted by atomic mass is 35.5. The van der Waals surface area contributed by atoms with Crippen molar-refractivity contribution >= 4 is 14.5 Å². The maximum Gasteiger partial charge on any atom is 0.501 e. The number of benzene rings is 2. The summed E-state index contributed by atoms with van der Waals surface area (Å²) in [4.78, 5) is 2.42. The zero-order valence-corrected chi connectivity index (χ0v) is 23.0. The molecule has 0 unspecified atom stereocenters. The number of hydrogen-bond acceptors (Lipinski definition) is 4. The molecule has 0 N–H and O–H groups in total. The van der Waals surface area contributed by atoms with Gasteiger partial charge in [-0.2, -0.15) is 0 Å². The standard InChI is InChI=1S/C28H39N2O3Si.ClH/c1-4-31-34(32-5-2,33-6-3)23-13-20-29-21-18-28(19-22-29)30(24-26-14-9-7-10-15-26)25-27-16-11-8-12-17-27;/h7-12,14-19,21-22H,4-6,13,20,23-25H2,1-3H3;1H/q+1;/p-1. The molecule has 1 heterocycles. The summed E-state index contributed by atoms with van der Waals surface area (Å²) in [5.74, 6) is 0. The normalized spacial score (nSPS) is 11.2. The molecule has 7 heteroatoms. The van der Waals surface area contributed by atoms with Crippen molar-refractivity contribution in [2.75, 3.05) is 24.7 Å². The van der Waals surface area contributed by atoms with E-state index in [4.69, 9.17) is 13.3 Å². The zero-order chi connectivity index (χ0) is 24.1. The quantitative estimate of drug-likeness (QED) is 0.231. The number of hydrogen-bond donors (Lipinski definition) is 0. The van der Waals surface area contributed by atoms with E-state index in [9.17, 15) is 0 Å². The Morgan fingerprint density at radius 3 is 1.57 bits per heavy atom. The van der Waals surface area contributed by atoms with Gasteiger partial charge in [-0.1, -0.05) is 60.7 Å². The van der Waals surface area contributed by atoms with Crippen LogP contribution in [0.3, 0.4) is 0 Å². The zero-order valence-electron chi connectivity index (χ0n) is 21.2. The predicted molar refractivity (Wildman–Crippen MR) is 139 cm³/mol. The first-order chi connectivity index (χ1) is 16.7. The lowest BCUT2D eigenvalue weighted by atomic mass is 10.1. The minimum Gasteiger partial charge on any atom is -1.00 e. The van der Waals surface area contributed by atoms with Crippen molar-refractivity contribution in [2.45, 2.75) is 52.9 Å². The maximum absolute atomic E-state index is 5.99. The molecule has 35 heavy (non-hydrogen) atoms. The molecule has 0 aliphatic carbocycles. The highest BCUT2D eigenvalue weighted by Crippen LogP contribution is 2.20. The number of aromatic nitrogens is 1. The molecule has 0 amide bonds. The van der Waals surface area contributed by atoms with E-state index >= 15 is 0 Å². The largest absolute Gasteiger partial charge is 1.00 e. The second-order valence-electron chi connectivity index (χ2n) is 8.21. The van der Waals surface area contributed by atoms with Gasteiger partial charge in [-0.3, -0.25) is 0 Å². The number of nitrogens with zero attached hydrogens (tertiary/aromatic N) is 2. The second kappa shape index (κ2) is 15.7. The fraction of sp³-hybridized carbons (Fsp3) is 0.393. The Balaban J connectivity index is 0.00000432. The molecule has 0 saturated carbocycles. The summed E-state index contributed by atoms with van der Waals surface area (Å²) < 4.78 is 20.2. The average molecular weight is 515 g/mol.